The fourth-order valence-electron chi connectivity index (χ4n) is 1.44. The summed E-state index contributed by atoms with van der Waals surface area (Å²) in [6.07, 6.45) is 5.05. The number of benzene rings is 1. The molecule has 0 amide bonds. The van der Waals surface area contributed by atoms with Gasteiger partial charge in [-0.25, -0.2) is 4.79 Å². The van der Waals surface area contributed by atoms with Crippen LogP contribution in [0.3, 0.4) is 0 Å². The number of hydrazone groups is 1. The molecule has 1 aromatic carbocycles. The highest BCUT2D eigenvalue weighted by molar-refractivity contribution is 7.89. The second-order valence-electron chi connectivity index (χ2n) is 4.94. The van der Waals surface area contributed by atoms with Crippen molar-refractivity contribution in [2.45, 2.75) is 25.7 Å². The largest absolute Gasteiger partial charge is 0.466 e. The smallest absolute Gasteiger partial charge is 0.332 e. The first kappa shape index (κ1) is 18.6. The summed E-state index contributed by atoms with van der Waals surface area (Å²) in [5.41, 5.74) is 1.90. The normalized spacial score (nSPS) is 11.7. The molecule has 0 aliphatic carbocycles. The van der Waals surface area contributed by atoms with Crippen LogP contribution in [0.4, 0.5) is 0 Å². The fourth-order valence-corrected chi connectivity index (χ4v) is 2.54. The second-order valence-corrected chi connectivity index (χ2v) is 6.73. The number of nitrogens with zero attached hydrogens (tertiary/aromatic N) is 2. The van der Waals surface area contributed by atoms with Crippen LogP contribution in [0.15, 0.2) is 58.2 Å². The Morgan fingerprint density at radius 3 is 2.35 bits per heavy atom. The second kappa shape index (κ2) is 8.28. The van der Waals surface area contributed by atoms with Crippen LogP contribution in [0, 0.1) is 6.92 Å². The summed E-state index contributed by atoms with van der Waals surface area (Å²) >= 11 is 0. The van der Waals surface area contributed by atoms with E-state index in [1.165, 1.54) is 25.5 Å². The van der Waals surface area contributed by atoms with Crippen LogP contribution < -0.4 is 0 Å². The van der Waals surface area contributed by atoms with Gasteiger partial charge in [-0.3, -0.25) is 0 Å². The summed E-state index contributed by atoms with van der Waals surface area (Å²) in [6, 6.07) is 6.35. The van der Waals surface area contributed by atoms with Crippen molar-refractivity contribution in [2.75, 3.05) is 7.11 Å². The van der Waals surface area contributed by atoms with Crippen molar-refractivity contribution in [1.82, 2.24) is 4.41 Å². The third kappa shape index (κ3) is 5.71. The number of esters is 1. The van der Waals surface area contributed by atoms with Crippen LogP contribution in [0.5, 0.6) is 0 Å². The minimum Gasteiger partial charge on any atom is -0.466 e. The van der Waals surface area contributed by atoms with Crippen molar-refractivity contribution in [3.8, 4) is 0 Å². The predicted octanol–water partition coefficient (Wildman–Crippen LogP) is 2.62. The molecule has 0 unspecified atom stereocenters. The van der Waals surface area contributed by atoms with E-state index < -0.39 is 16.0 Å². The number of hydrogen-bond acceptors (Lipinski definition) is 5. The molecule has 0 aliphatic rings. The number of carbonyl (C=O) groups is 1. The lowest BCUT2D eigenvalue weighted by Gasteiger charge is -2.14. The minimum absolute atomic E-state index is 0.0759. The molecule has 0 radical (unpaired) electrons. The maximum Gasteiger partial charge on any atom is 0.332 e. The molecule has 0 atom stereocenters. The molecular weight excluding hydrogens is 316 g/mol. The molecule has 0 fully saturated rings. The molecule has 0 aromatic heterocycles. The maximum absolute atomic E-state index is 12.6. The fraction of sp³-hybridized carbons (Fsp3) is 0.250. The Balaban J connectivity index is 3.23. The van der Waals surface area contributed by atoms with Gasteiger partial charge in [-0.15, -0.1) is 0 Å². The van der Waals surface area contributed by atoms with E-state index in [0.29, 0.717) is 0 Å². The molecule has 0 heterocycles. The minimum atomic E-state index is -3.91. The lowest BCUT2D eigenvalue weighted by atomic mass is 10.2. The topological polar surface area (TPSA) is 76.0 Å². The summed E-state index contributed by atoms with van der Waals surface area (Å²) in [4.78, 5) is 11.3. The van der Waals surface area contributed by atoms with Crippen molar-refractivity contribution in [2.24, 2.45) is 5.10 Å². The maximum atomic E-state index is 12.6. The molecular formula is C16H20N2O4S. The number of methoxy groups -OCH3 is 1. The van der Waals surface area contributed by atoms with Crippen LogP contribution >= 0.6 is 0 Å². The van der Waals surface area contributed by atoms with Gasteiger partial charge in [0, 0.05) is 18.5 Å². The van der Waals surface area contributed by atoms with Gasteiger partial charge in [-0.1, -0.05) is 23.3 Å². The van der Waals surface area contributed by atoms with Crippen LogP contribution in [0.1, 0.15) is 19.4 Å². The Hall–Kier alpha value is -2.41. The highest BCUT2D eigenvalue weighted by Gasteiger charge is 2.21. The Labute approximate surface area is 136 Å². The van der Waals surface area contributed by atoms with Gasteiger partial charge in [0.05, 0.1) is 12.0 Å². The van der Waals surface area contributed by atoms with Gasteiger partial charge in [0.15, 0.2) is 0 Å². The quantitative estimate of drug-likeness (QED) is 0.346. The zero-order valence-corrected chi connectivity index (χ0v) is 14.4. The van der Waals surface area contributed by atoms with E-state index in [9.17, 15) is 13.2 Å². The summed E-state index contributed by atoms with van der Waals surface area (Å²) in [6.45, 7) is 5.57. The molecule has 1 aromatic rings. The van der Waals surface area contributed by atoms with Crippen LogP contribution in [-0.2, 0) is 19.6 Å². The Kier molecular flexibility index (Phi) is 6.71. The third-order valence-corrected chi connectivity index (χ3v) is 4.27. The first-order valence-electron chi connectivity index (χ1n) is 6.82. The molecule has 0 spiro atoms. The lowest BCUT2D eigenvalue weighted by Crippen LogP contribution is -2.21. The number of carbonyl (C=O) groups excluding carboxylic acids is 1. The van der Waals surface area contributed by atoms with Crippen molar-refractivity contribution in [1.29, 1.82) is 0 Å². The average molecular weight is 336 g/mol. The number of ether oxygens (including phenoxy) is 1. The number of hydrogen-bond donors (Lipinski definition) is 0. The molecule has 0 saturated carbocycles. The monoisotopic (exact) mass is 336 g/mol. The zero-order valence-electron chi connectivity index (χ0n) is 13.6. The van der Waals surface area contributed by atoms with Gasteiger partial charge in [0.25, 0.3) is 10.0 Å². The van der Waals surface area contributed by atoms with Gasteiger partial charge in [0.1, 0.15) is 0 Å². The van der Waals surface area contributed by atoms with Gasteiger partial charge >= 0.3 is 5.97 Å². The Morgan fingerprint density at radius 1 is 1.22 bits per heavy atom. The van der Waals surface area contributed by atoms with Gasteiger partial charge in [-0.2, -0.15) is 17.9 Å². The highest BCUT2D eigenvalue weighted by Crippen LogP contribution is 2.17. The van der Waals surface area contributed by atoms with Crippen molar-refractivity contribution in [3.63, 3.8) is 0 Å². The van der Waals surface area contributed by atoms with Gasteiger partial charge in [0.2, 0.25) is 0 Å². The van der Waals surface area contributed by atoms with E-state index in [4.69, 9.17) is 0 Å². The SMILES string of the molecule is COC(=O)/C=C\N(/N=C/C=C(C)C)S(=O)(=O)c1ccc(C)cc1. The van der Waals surface area contributed by atoms with Crippen LogP contribution in [-0.4, -0.2) is 32.1 Å². The first-order valence-corrected chi connectivity index (χ1v) is 8.26. The number of rotatable bonds is 6. The molecule has 7 heteroatoms. The first-order chi connectivity index (χ1) is 10.8. The number of allylic oxidation sites excluding steroid dienone is 2. The summed E-state index contributed by atoms with van der Waals surface area (Å²) in [7, 11) is -2.70. The Morgan fingerprint density at radius 2 is 1.83 bits per heavy atom. The van der Waals surface area contributed by atoms with Crippen molar-refractivity contribution >= 4 is 22.2 Å². The standard InChI is InChI=1S/C16H20N2O4S/c1-13(2)9-11-17-18(12-10-16(19)22-4)23(20,21)15-7-5-14(3)6-8-15/h5-12H,1-4H3/b12-10-,17-11+. The summed E-state index contributed by atoms with van der Waals surface area (Å²) < 4.78 is 30.4. The van der Waals surface area contributed by atoms with E-state index in [1.807, 2.05) is 20.8 Å². The van der Waals surface area contributed by atoms with Crippen molar-refractivity contribution < 1.29 is 17.9 Å². The van der Waals surface area contributed by atoms with E-state index in [1.54, 1.807) is 18.2 Å². The molecule has 1 rings (SSSR count). The van der Waals surface area contributed by atoms with E-state index >= 15 is 0 Å². The molecule has 23 heavy (non-hydrogen) atoms. The zero-order chi connectivity index (χ0) is 17.5. The molecule has 0 N–H and O–H groups in total. The third-order valence-electron chi connectivity index (χ3n) is 2.69. The Bertz CT molecular complexity index is 728. The van der Waals surface area contributed by atoms with Gasteiger partial charge in [-0.05, 0) is 39.0 Å². The summed E-state index contributed by atoms with van der Waals surface area (Å²) in [5.74, 6) is -0.675. The average Bonchev–Trinajstić information content (AvgIpc) is 2.50. The molecule has 6 nitrogen and oxygen atoms in total. The molecule has 0 saturated heterocycles. The molecule has 0 aliphatic heterocycles. The van der Waals surface area contributed by atoms with E-state index in [0.717, 1.165) is 27.8 Å². The summed E-state index contributed by atoms with van der Waals surface area (Å²) in [5, 5.41) is 3.89. The van der Waals surface area contributed by atoms with E-state index in [-0.39, 0.29) is 4.90 Å². The van der Waals surface area contributed by atoms with E-state index in [2.05, 4.69) is 9.84 Å². The van der Waals surface area contributed by atoms with Crippen LogP contribution in [0.2, 0.25) is 0 Å². The lowest BCUT2D eigenvalue weighted by molar-refractivity contribution is -0.134. The van der Waals surface area contributed by atoms with Crippen LogP contribution in [0.25, 0.3) is 0 Å². The molecule has 124 valence electrons. The van der Waals surface area contributed by atoms with Gasteiger partial charge < -0.3 is 4.74 Å². The van der Waals surface area contributed by atoms with Crippen molar-refractivity contribution in [3.05, 3.63) is 53.8 Å². The molecule has 0 bridgehead atoms. The number of aryl methyl sites for hydroxylation is 1. The highest BCUT2D eigenvalue weighted by atomic mass is 32.2. The number of sulfonamides is 1. The predicted molar refractivity (Wildman–Crippen MR) is 89.3 cm³/mol.